The van der Waals surface area contributed by atoms with Crippen LogP contribution in [0.2, 0.25) is 0 Å². The van der Waals surface area contributed by atoms with E-state index in [1.54, 1.807) is 6.20 Å². The molecule has 0 radical (unpaired) electrons. The summed E-state index contributed by atoms with van der Waals surface area (Å²) in [5.41, 5.74) is 3.89. The molecule has 27 heavy (non-hydrogen) atoms. The molecule has 1 amide bonds. The van der Waals surface area contributed by atoms with Crippen molar-refractivity contribution in [3.05, 3.63) is 66.4 Å². The Balaban J connectivity index is 1.59. The summed E-state index contributed by atoms with van der Waals surface area (Å²) in [4.78, 5) is 16.8. The van der Waals surface area contributed by atoms with Crippen LogP contribution < -0.4 is 11.2 Å². The summed E-state index contributed by atoms with van der Waals surface area (Å²) in [7, 11) is 0. The van der Waals surface area contributed by atoms with Gasteiger partial charge in [0, 0.05) is 11.3 Å². The Labute approximate surface area is 164 Å². The SMILES string of the molecule is CC(C)(C)c1ccc(NC(=O)CSc2nc(-c3ccccc3)cn2N)cc1. The maximum absolute atomic E-state index is 12.2. The number of amides is 1. The number of rotatable bonds is 5. The quantitative estimate of drug-likeness (QED) is 0.511. The molecule has 3 aromatic rings. The fraction of sp³-hybridized carbons (Fsp3) is 0.238. The van der Waals surface area contributed by atoms with Crippen LogP contribution in [0.15, 0.2) is 66.0 Å². The van der Waals surface area contributed by atoms with Crippen molar-refractivity contribution in [2.75, 3.05) is 16.9 Å². The Morgan fingerprint density at radius 3 is 2.41 bits per heavy atom. The molecule has 6 heteroatoms. The average Bonchev–Trinajstić information content (AvgIpc) is 3.01. The highest BCUT2D eigenvalue weighted by molar-refractivity contribution is 7.99. The molecule has 0 atom stereocenters. The second kappa shape index (κ2) is 7.88. The first-order valence-corrected chi connectivity index (χ1v) is 9.74. The minimum Gasteiger partial charge on any atom is -0.337 e. The number of nitrogen functional groups attached to an aromatic ring is 1. The lowest BCUT2D eigenvalue weighted by Crippen LogP contribution is -2.16. The molecule has 140 valence electrons. The van der Waals surface area contributed by atoms with Gasteiger partial charge in [0.05, 0.1) is 17.6 Å². The minimum absolute atomic E-state index is 0.0900. The van der Waals surface area contributed by atoms with Crippen LogP contribution in [0.25, 0.3) is 11.3 Å². The zero-order chi connectivity index (χ0) is 19.4. The van der Waals surface area contributed by atoms with Crippen LogP contribution in [0.1, 0.15) is 26.3 Å². The highest BCUT2D eigenvalue weighted by atomic mass is 32.2. The van der Waals surface area contributed by atoms with Crippen molar-refractivity contribution in [2.45, 2.75) is 31.3 Å². The number of carbonyl (C=O) groups is 1. The molecular weight excluding hydrogens is 356 g/mol. The Kier molecular flexibility index (Phi) is 5.56. The molecular formula is C21H24N4OS. The largest absolute Gasteiger partial charge is 0.337 e. The number of thioether (sulfide) groups is 1. The zero-order valence-corrected chi connectivity index (χ0v) is 16.6. The molecule has 0 aliphatic rings. The van der Waals surface area contributed by atoms with E-state index in [0.29, 0.717) is 5.16 Å². The molecule has 0 bridgehead atoms. The number of nitrogens with one attached hydrogen (secondary N) is 1. The minimum atomic E-state index is -0.0900. The van der Waals surface area contributed by atoms with Gasteiger partial charge in [0.15, 0.2) is 5.16 Å². The smallest absolute Gasteiger partial charge is 0.234 e. The van der Waals surface area contributed by atoms with Crippen LogP contribution in [0.4, 0.5) is 5.69 Å². The van der Waals surface area contributed by atoms with E-state index in [1.807, 2.05) is 54.6 Å². The number of benzene rings is 2. The lowest BCUT2D eigenvalue weighted by Gasteiger charge is -2.19. The molecule has 3 N–H and O–H groups in total. The summed E-state index contributed by atoms with van der Waals surface area (Å²) in [6, 6.07) is 17.8. The number of hydrogen-bond acceptors (Lipinski definition) is 4. The molecule has 1 heterocycles. The summed E-state index contributed by atoms with van der Waals surface area (Å²) in [6.07, 6.45) is 1.76. The van der Waals surface area contributed by atoms with Crippen molar-refractivity contribution in [3.8, 4) is 11.3 Å². The maximum Gasteiger partial charge on any atom is 0.234 e. The molecule has 0 aliphatic carbocycles. The molecule has 0 fully saturated rings. The first-order valence-electron chi connectivity index (χ1n) is 8.76. The fourth-order valence-corrected chi connectivity index (χ4v) is 3.31. The van der Waals surface area contributed by atoms with Crippen LogP contribution in [0.3, 0.4) is 0 Å². The van der Waals surface area contributed by atoms with Gasteiger partial charge in [0.25, 0.3) is 0 Å². The Bertz CT molecular complexity index is 912. The van der Waals surface area contributed by atoms with Gasteiger partial charge in [-0.1, -0.05) is 75.0 Å². The van der Waals surface area contributed by atoms with Crippen molar-refractivity contribution in [3.63, 3.8) is 0 Å². The molecule has 0 saturated heterocycles. The lowest BCUT2D eigenvalue weighted by molar-refractivity contribution is -0.113. The van der Waals surface area contributed by atoms with Crippen molar-refractivity contribution in [1.29, 1.82) is 0 Å². The van der Waals surface area contributed by atoms with Gasteiger partial charge in [-0.25, -0.2) is 9.66 Å². The van der Waals surface area contributed by atoms with E-state index in [4.69, 9.17) is 5.84 Å². The van der Waals surface area contributed by atoms with Crippen molar-refractivity contribution < 1.29 is 4.79 Å². The van der Waals surface area contributed by atoms with Gasteiger partial charge in [-0.3, -0.25) is 4.79 Å². The van der Waals surface area contributed by atoms with Gasteiger partial charge in [0.1, 0.15) is 0 Å². The predicted octanol–water partition coefficient (Wildman–Crippen LogP) is 4.29. The van der Waals surface area contributed by atoms with Crippen LogP contribution in [0.5, 0.6) is 0 Å². The first kappa shape index (κ1) is 19.0. The highest BCUT2D eigenvalue weighted by Crippen LogP contribution is 2.25. The van der Waals surface area contributed by atoms with Gasteiger partial charge in [-0.2, -0.15) is 0 Å². The Morgan fingerprint density at radius 2 is 1.78 bits per heavy atom. The van der Waals surface area contributed by atoms with E-state index >= 15 is 0 Å². The molecule has 3 rings (SSSR count). The second-order valence-electron chi connectivity index (χ2n) is 7.35. The highest BCUT2D eigenvalue weighted by Gasteiger charge is 2.14. The summed E-state index contributed by atoms with van der Waals surface area (Å²) in [6.45, 7) is 6.49. The van der Waals surface area contributed by atoms with Crippen LogP contribution >= 0.6 is 11.8 Å². The summed E-state index contributed by atoms with van der Waals surface area (Å²) < 4.78 is 1.46. The second-order valence-corrected chi connectivity index (χ2v) is 8.29. The van der Waals surface area contributed by atoms with Crippen molar-refractivity contribution in [1.82, 2.24) is 9.66 Å². The third-order valence-corrected chi connectivity index (χ3v) is 5.10. The van der Waals surface area contributed by atoms with Crippen LogP contribution in [-0.2, 0) is 10.2 Å². The number of aromatic nitrogens is 2. The summed E-state index contributed by atoms with van der Waals surface area (Å²) >= 11 is 1.31. The van der Waals surface area contributed by atoms with E-state index in [0.717, 1.165) is 16.9 Å². The number of nitrogens with two attached hydrogens (primary N) is 1. The molecule has 0 spiro atoms. The third-order valence-electron chi connectivity index (χ3n) is 4.13. The number of anilines is 1. The van der Waals surface area contributed by atoms with E-state index in [2.05, 4.69) is 31.1 Å². The van der Waals surface area contributed by atoms with Gasteiger partial charge in [-0.05, 0) is 23.1 Å². The number of carbonyl (C=O) groups excluding carboxylic acids is 1. The van der Waals surface area contributed by atoms with Gasteiger partial charge in [0.2, 0.25) is 5.91 Å². The van der Waals surface area contributed by atoms with Crippen LogP contribution in [-0.4, -0.2) is 21.3 Å². The zero-order valence-electron chi connectivity index (χ0n) is 15.8. The van der Waals surface area contributed by atoms with Gasteiger partial charge >= 0.3 is 0 Å². The fourth-order valence-electron chi connectivity index (χ4n) is 2.61. The number of nitrogens with zero attached hydrogens (tertiary/aromatic N) is 2. The molecule has 0 aliphatic heterocycles. The van der Waals surface area contributed by atoms with Gasteiger partial charge in [-0.15, -0.1) is 0 Å². The summed E-state index contributed by atoms with van der Waals surface area (Å²) in [5.74, 6) is 6.13. The molecule has 5 nitrogen and oxygen atoms in total. The maximum atomic E-state index is 12.2. The average molecular weight is 381 g/mol. The van der Waals surface area contributed by atoms with E-state index in [9.17, 15) is 4.79 Å². The van der Waals surface area contributed by atoms with Crippen LogP contribution in [0, 0.1) is 0 Å². The molecule has 2 aromatic carbocycles. The van der Waals surface area contributed by atoms with E-state index in [-0.39, 0.29) is 17.1 Å². The molecule has 1 aromatic heterocycles. The van der Waals surface area contributed by atoms with Gasteiger partial charge < -0.3 is 11.2 Å². The molecule has 0 unspecified atom stereocenters. The Hall–Kier alpha value is -2.73. The van der Waals surface area contributed by atoms with E-state index < -0.39 is 0 Å². The van der Waals surface area contributed by atoms with E-state index in [1.165, 1.54) is 22.0 Å². The monoisotopic (exact) mass is 380 g/mol. The first-order chi connectivity index (χ1) is 12.8. The molecule has 0 saturated carbocycles. The Morgan fingerprint density at radius 1 is 1.11 bits per heavy atom. The topological polar surface area (TPSA) is 72.9 Å². The number of imidazole rings is 1. The summed E-state index contributed by atoms with van der Waals surface area (Å²) in [5, 5.41) is 3.51. The van der Waals surface area contributed by atoms with Crippen molar-refractivity contribution >= 4 is 23.4 Å². The third kappa shape index (κ3) is 4.92. The number of hydrogen-bond donors (Lipinski definition) is 2. The normalized spacial score (nSPS) is 11.4. The lowest BCUT2D eigenvalue weighted by atomic mass is 9.87. The predicted molar refractivity (Wildman–Crippen MR) is 112 cm³/mol. The standard InChI is InChI=1S/C21H24N4OS/c1-21(2,3)16-9-11-17(12-10-16)23-19(26)14-27-20-24-18(13-25(20)22)15-7-5-4-6-8-15/h4-13H,14,22H2,1-3H3,(H,23,26). The van der Waals surface area contributed by atoms with Crippen molar-refractivity contribution in [2.24, 2.45) is 0 Å².